The lowest BCUT2D eigenvalue weighted by Gasteiger charge is -2.33. The van der Waals surface area contributed by atoms with Gasteiger partial charge < -0.3 is 9.84 Å². The summed E-state index contributed by atoms with van der Waals surface area (Å²) in [6, 6.07) is 6.85. The van der Waals surface area contributed by atoms with E-state index in [9.17, 15) is 21.6 Å². The first kappa shape index (κ1) is 26.0. The lowest BCUT2D eigenvalue weighted by atomic mass is 10.0. The summed E-state index contributed by atoms with van der Waals surface area (Å²) in [5.74, 6) is -2.30. The maximum absolute atomic E-state index is 13.2. The van der Waals surface area contributed by atoms with Crippen LogP contribution in [0.2, 0.25) is 0 Å². The number of aromatic nitrogens is 2. The van der Waals surface area contributed by atoms with Gasteiger partial charge in [0, 0.05) is 50.9 Å². The van der Waals surface area contributed by atoms with Crippen molar-refractivity contribution in [2.45, 2.75) is 49.5 Å². The smallest absolute Gasteiger partial charge is 0.483 e. The van der Waals surface area contributed by atoms with Crippen LogP contribution in [0.4, 0.5) is 13.2 Å². The number of carboxylic acid groups (broad SMARTS) is 1. The van der Waals surface area contributed by atoms with Crippen LogP contribution in [0.25, 0.3) is 0 Å². The van der Waals surface area contributed by atoms with E-state index in [0.29, 0.717) is 18.8 Å². The molecule has 0 radical (unpaired) electrons. The Morgan fingerprint density at radius 3 is 2.47 bits per heavy atom. The fourth-order valence-electron chi connectivity index (χ4n) is 4.06. The fraction of sp³-hybridized carbons (Fsp3) is 0.524. The van der Waals surface area contributed by atoms with Crippen molar-refractivity contribution < 1.29 is 36.2 Å². The monoisotopic (exact) mass is 504 g/mol. The van der Waals surface area contributed by atoms with E-state index in [0.717, 1.165) is 25.1 Å². The molecule has 2 aromatic rings. The van der Waals surface area contributed by atoms with Crippen molar-refractivity contribution in [3.63, 3.8) is 0 Å². The number of aliphatic carboxylic acids is 1. The lowest BCUT2D eigenvalue weighted by Crippen LogP contribution is -2.51. The van der Waals surface area contributed by atoms with Gasteiger partial charge in [-0.1, -0.05) is 12.1 Å². The van der Waals surface area contributed by atoms with Gasteiger partial charge in [-0.25, -0.2) is 13.2 Å². The molecule has 3 heterocycles. The second-order valence-electron chi connectivity index (χ2n) is 8.66. The summed E-state index contributed by atoms with van der Waals surface area (Å²) < 4.78 is 67.9. The number of ether oxygens (including phenoxy) is 1. The molecule has 2 aliphatic heterocycles. The highest BCUT2D eigenvalue weighted by molar-refractivity contribution is 7.89. The van der Waals surface area contributed by atoms with Crippen LogP contribution in [0.3, 0.4) is 0 Å². The number of carboxylic acids is 1. The number of rotatable bonds is 3. The molecule has 1 fully saturated rings. The number of hydrogen-bond acceptors (Lipinski definition) is 6. The van der Waals surface area contributed by atoms with E-state index in [1.807, 2.05) is 39.4 Å². The van der Waals surface area contributed by atoms with Crippen LogP contribution in [0.1, 0.15) is 25.8 Å². The first-order valence-electron chi connectivity index (χ1n) is 10.5. The summed E-state index contributed by atoms with van der Waals surface area (Å²) in [6.45, 7) is 6.54. The number of hydrogen-bond donors (Lipinski definition) is 1. The third-order valence-corrected chi connectivity index (χ3v) is 7.65. The Balaban J connectivity index is 0.000000406. The van der Waals surface area contributed by atoms with Gasteiger partial charge in [0.1, 0.15) is 16.2 Å². The summed E-state index contributed by atoms with van der Waals surface area (Å²) in [5, 5.41) is 11.4. The van der Waals surface area contributed by atoms with Crippen molar-refractivity contribution >= 4 is 16.0 Å². The van der Waals surface area contributed by atoms with Gasteiger partial charge in [0.2, 0.25) is 10.0 Å². The van der Waals surface area contributed by atoms with E-state index in [1.165, 1.54) is 0 Å². The van der Waals surface area contributed by atoms with Gasteiger partial charge in [0.05, 0.1) is 12.7 Å². The van der Waals surface area contributed by atoms with Gasteiger partial charge >= 0.3 is 12.1 Å². The molecule has 0 amide bonds. The minimum Gasteiger partial charge on any atom is -0.483 e. The largest absolute Gasteiger partial charge is 0.490 e. The zero-order valence-electron chi connectivity index (χ0n) is 19.0. The number of fused-ring (bicyclic) bond motifs is 1. The molecule has 1 unspecified atom stereocenters. The molecule has 9 nitrogen and oxygen atoms in total. The number of nitrogens with zero attached hydrogens (tertiary/aromatic N) is 4. The molecule has 1 spiro atoms. The Morgan fingerprint density at radius 1 is 1.26 bits per heavy atom. The molecule has 188 valence electrons. The molecule has 0 bridgehead atoms. The number of benzene rings is 1. The molecule has 4 rings (SSSR count). The molecule has 1 N–H and O–H groups in total. The van der Waals surface area contributed by atoms with Crippen LogP contribution in [0.5, 0.6) is 5.75 Å². The van der Waals surface area contributed by atoms with Crippen molar-refractivity contribution in [3.05, 3.63) is 42.2 Å². The highest BCUT2D eigenvalue weighted by Crippen LogP contribution is 2.39. The molecule has 2 aliphatic rings. The molecule has 34 heavy (non-hydrogen) atoms. The van der Waals surface area contributed by atoms with Crippen LogP contribution in [0.15, 0.2) is 41.6 Å². The van der Waals surface area contributed by atoms with Gasteiger partial charge in [-0.05, 0) is 26.0 Å². The van der Waals surface area contributed by atoms with E-state index in [4.69, 9.17) is 14.6 Å². The Morgan fingerprint density at radius 2 is 1.91 bits per heavy atom. The molecule has 0 aliphatic carbocycles. The third kappa shape index (κ3) is 5.70. The summed E-state index contributed by atoms with van der Waals surface area (Å²) in [5.41, 5.74) is 0.614. The van der Waals surface area contributed by atoms with Crippen LogP contribution in [-0.4, -0.2) is 75.9 Å². The van der Waals surface area contributed by atoms with E-state index in [1.54, 1.807) is 27.2 Å². The average Bonchev–Trinajstić information content (AvgIpc) is 3.29. The van der Waals surface area contributed by atoms with Gasteiger partial charge in [-0.15, -0.1) is 0 Å². The molecule has 0 saturated carbocycles. The van der Waals surface area contributed by atoms with Crippen LogP contribution >= 0.6 is 0 Å². The number of sulfonamides is 1. The predicted octanol–water partition coefficient (Wildman–Crippen LogP) is 2.49. The highest BCUT2D eigenvalue weighted by atomic mass is 32.2. The topological polar surface area (TPSA) is 105 Å². The number of alkyl halides is 3. The number of aryl methyl sites for hydroxylation is 1. The molecule has 1 aromatic heterocycles. The predicted molar refractivity (Wildman–Crippen MR) is 116 cm³/mol. The lowest BCUT2D eigenvalue weighted by molar-refractivity contribution is -0.192. The number of carbonyl (C=O) groups is 1. The van der Waals surface area contributed by atoms with Gasteiger partial charge in [-0.3, -0.25) is 9.58 Å². The van der Waals surface area contributed by atoms with Gasteiger partial charge in [0.15, 0.2) is 0 Å². The second kappa shape index (κ2) is 9.55. The van der Waals surface area contributed by atoms with E-state index in [2.05, 4.69) is 10.00 Å². The molecular weight excluding hydrogens is 477 g/mol. The minimum absolute atomic E-state index is 0.131. The zero-order chi connectivity index (χ0) is 25.3. The Hall–Kier alpha value is -2.64. The van der Waals surface area contributed by atoms with E-state index < -0.39 is 27.8 Å². The third-order valence-electron chi connectivity index (χ3n) is 5.58. The Bertz CT molecular complexity index is 1140. The van der Waals surface area contributed by atoms with Crippen molar-refractivity contribution in [2.75, 3.05) is 19.6 Å². The maximum atomic E-state index is 13.2. The van der Waals surface area contributed by atoms with Crippen molar-refractivity contribution in [1.82, 2.24) is 19.0 Å². The van der Waals surface area contributed by atoms with Crippen LogP contribution in [-0.2, 0) is 28.4 Å². The second-order valence-corrected chi connectivity index (χ2v) is 10.5. The SMILES string of the molecule is CC(C)N1CC2(CCN(Cc3cnn(C)c3)C2)Oc2ccccc2S1(=O)=O.O=C(O)C(F)(F)F. The first-order valence-corrected chi connectivity index (χ1v) is 12.0. The van der Waals surface area contributed by atoms with Crippen LogP contribution in [0, 0.1) is 0 Å². The van der Waals surface area contributed by atoms with Crippen LogP contribution < -0.4 is 4.74 Å². The Kier molecular flexibility index (Phi) is 7.29. The van der Waals surface area contributed by atoms with E-state index >= 15 is 0 Å². The molecule has 1 atom stereocenters. The minimum atomic E-state index is -5.08. The number of halogens is 3. The Labute approximate surface area is 195 Å². The molecule has 1 saturated heterocycles. The molecule has 13 heteroatoms. The van der Waals surface area contributed by atoms with E-state index in [-0.39, 0.29) is 10.9 Å². The molecular formula is C21H27F3N4O5S. The van der Waals surface area contributed by atoms with Crippen molar-refractivity contribution in [2.24, 2.45) is 7.05 Å². The summed E-state index contributed by atoms with van der Waals surface area (Å²) in [4.78, 5) is 11.5. The summed E-state index contributed by atoms with van der Waals surface area (Å²) in [7, 11) is -1.67. The summed E-state index contributed by atoms with van der Waals surface area (Å²) >= 11 is 0. The summed E-state index contributed by atoms with van der Waals surface area (Å²) in [6.07, 6.45) is -0.404. The highest BCUT2D eigenvalue weighted by Gasteiger charge is 2.48. The first-order chi connectivity index (χ1) is 15.7. The normalized spacial score (nSPS) is 22.6. The van der Waals surface area contributed by atoms with Crippen molar-refractivity contribution in [1.29, 1.82) is 0 Å². The fourth-order valence-corrected chi connectivity index (χ4v) is 5.88. The quantitative estimate of drug-likeness (QED) is 0.685. The molecule has 1 aromatic carbocycles. The standard InChI is InChI=1S/C19H26N4O3S.C2HF3O2/c1-15(2)23-14-19(26-17-6-4-5-7-18(17)27(23,24)25)8-9-22(13-19)12-16-10-20-21(3)11-16;3-2(4,5)1(6)7/h4-7,10-11,15H,8-9,12-14H2,1-3H3;(H,6,7). The van der Waals surface area contributed by atoms with Gasteiger partial charge in [0.25, 0.3) is 0 Å². The average molecular weight is 505 g/mol. The van der Waals surface area contributed by atoms with Gasteiger partial charge in [-0.2, -0.15) is 22.6 Å². The number of likely N-dealkylation sites (tertiary alicyclic amines) is 1. The number of para-hydroxylation sites is 1. The maximum Gasteiger partial charge on any atom is 0.490 e. The zero-order valence-corrected chi connectivity index (χ0v) is 19.8. The van der Waals surface area contributed by atoms with Crippen molar-refractivity contribution in [3.8, 4) is 5.75 Å².